The Hall–Kier alpha value is -2.57. The Balaban J connectivity index is 1.82. The van der Waals surface area contributed by atoms with Crippen molar-refractivity contribution in [2.24, 2.45) is 4.99 Å². The van der Waals surface area contributed by atoms with E-state index in [4.69, 9.17) is 10.5 Å². The average Bonchev–Trinajstić information content (AvgIpc) is 2.84. The zero-order valence-electron chi connectivity index (χ0n) is 13.3. The number of nitrogens with one attached hydrogen (secondary N) is 2. The summed E-state index contributed by atoms with van der Waals surface area (Å²) in [5.41, 5.74) is 1.39. The Kier molecular flexibility index (Phi) is 6.90. The maximum atomic E-state index is 8.81. The van der Waals surface area contributed by atoms with Gasteiger partial charge in [-0.1, -0.05) is 12.8 Å². The minimum Gasteiger partial charge on any atom is -0.354 e. The number of hydrogen-bond donors (Lipinski definition) is 2. The van der Waals surface area contributed by atoms with Crippen molar-refractivity contribution in [3.8, 4) is 12.3 Å². The van der Waals surface area contributed by atoms with Crippen LogP contribution in [0.1, 0.15) is 31.2 Å². The average molecular weight is 310 g/mol. The van der Waals surface area contributed by atoms with Crippen molar-refractivity contribution in [1.82, 2.24) is 10.2 Å². The molecule has 0 radical (unpaired) electrons. The molecule has 23 heavy (non-hydrogen) atoms. The molecule has 0 unspecified atom stereocenters. The molecule has 0 amide bonds. The molecule has 1 aromatic carbocycles. The fourth-order valence-electron chi connectivity index (χ4n) is 2.62. The van der Waals surface area contributed by atoms with Gasteiger partial charge in [-0.15, -0.1) is 4.99 Å². The maximum absolute atomic E-state index is 8.81. The molecule has 1 aromatic rings. The zero-order chi connectivity index (χ0) is 16.3. The molecular formula is C17H22N6. The van der Waals surface area contributed by atoms with Gasteiger partial charge in [0.25, 0.3) is 0 Å². The van der Waals surface area contributed by atoms with Crippen LogP contribution in [0.25, 0.3) is 0 Å². The van der Waals surface area contributed by atoms with Gasteiger partial charge in [0.05, 0.1) is 11.6 Å². The fraction of sp³-hybridized carbons (Fsp3) is 0.471. The van der Waals surface area contributed by atoms with Crippen molar-refractivity contribution >= 4 is 11.6 Å². The molecule has 6 nitrogen and oxygen atoms in total. The first-order valence-electron chi connectivity index (χ1n) is 8.02. The highest BCUT2D eigenvalue weighted by atomic mass is 15.2. The predicted octanol–water partition coefficient (Wildman–Crippen LogP) is 2.27. The van der Waals surface area contributed by atoms with Crippen molar-refractivity contribution in [1.29, 1.82) is 10.5 Å². The first kappa shape index (κ1) is 16.8. The lowest BCUT2D eigenvalue weighted by atomic mass is 10.2. The van der Waals surface area contributed by atoms with Gasteiger partial charge >= 0.3 is 0 Å². The Morgan fingerprint density at radius 1 is 1.09 bits per heavy atom. The summed E-state index contributed by atoms with van der Waals surface area (Å²) in [6.45, 7) is 3.98. The topological polar surface area (TPSA) is 87.2 Å². The van der Waals surface area contributed by atoms with Crippen LogP contribution in [0.2, 0.25) is 0 Å². The third kappa shape index (κ3) is 5.98. The molecule has 1 heterocycles. The smallest absolute Gasteiger partial charge is 0.211 e. The van der Waals surface area contributed by atoms with E-state index in [1.54, 1.807) is 30.5 Å². The molecule has 1 aliphatic heterocycles. The molecule has 2 N–H and O–H groups in total. The van der Waals surface area contributed by atoms with Crippen LogP contribution in [0.4, 0.5) is 5.69 Å². The van der Waals surface area contributed by atoms with E-state index >= 15 is 0 Å². The second kappa shape index (κ2) is 9.45. The van der Waals surface area contributed by atoms with E-state index in [2.05, 4.69) is 26.6 Å². The van der Waals surface area contributed by atoms with Crippen LogP contribution >= 0.6 is 0 Å². The van der Waals surface area contributed by atoms with Crippen molar-refractivity contribution in [3.05, 3.63) is 29.8 Å². The van der Waals surface area contributed by atoms with Gasteiger partial charge in [0.15, 0.2) is 0 Å². The number of nitriles is 2. The number of guanidine groups is 1. The van der Waals surface area contributed by atoms with Gasteiger partial charge in [-0.3, -0.25) is 0 Å². The lowest BCUT2D eigenvalue weighted by Crippen LogP contribution is -2.38. The molecule has 120 valence electrons. The second-order valence-corrected chi connectivity index (χ2v) is 5.56. The van der Waals surface area contributed by atoms with Crippen molar-refractivity contribution in [2.45, 2.75) is 25.7 Å². The molecule has 0 saturated carbocycles. The molecule has 0 atom stereocenters. The number of anilines is 1. The summed E-state index contributed by atoms with van der Waals surface area (Å²) in [6.07, 6.45) is 6.99. The summed E-state index contributed by atoms with van der Waals surface area (Å²) >= 11 is 0. The molecule has 2 rings (SSSR count). The summed E-state index contributed by atoms with van der Waals surface area (Å²) < 4.78 is 0. The van der Waals surface area contributed by atoms with Crippen LogP contribution in [-0.2, 0) is 0 Å². The Morgan fingerprint density at radius 2 is 1.78 bits per heavy atom. The number of nitrogens with zero attached hydrogens (tertiary/aromatic N) is 4. The number of aliphatic imine (C=N–C) groups is 1. The molecular weight excluding hydrogens is 288 g/mol. The fourth-order valence-corrected chi connectivity index (χ4v) is 2.62. The van der Waals surface area contributed by atoms with Gasteiger partial charge < -0.3 is 15.5 Å². The Bertz CT molecular complexity index is 585. The number of benzene rings is 1. The summed E-state index contributed by atoms with van der Waals surface area (Å²) in [6, 6.07) is 9.12. The van der Waals surface area contributed by atoms with Crippen molar-refractivity contribution in [2.75, 3.05) is 31.5 Å². The van der Waals surface area contributed by atoms with Gasteiger partial charge in [0.1, 0.15) is 0 Å². The second-order valence-electron chi connectivity index (χ2n) is 5.56. The highest BCUT2D eigenvalue weighted by Gasteiger charge is 2.08. The SMILES string of the molecule is N#C/N=C(/NCCN1CCCCCC1)Nc1ccc(C#N)cc1. The Morgan fingerprint density at radius 3 is 2.39 bits per heavy atom. The van der Waals surface area contributed by atoms with E-state index < -0.39 is 0 Å². The number of hydrogen-bond acceptors (Lipinski definition) is 4. The van der Waals surface area contributed by atoms with E-state index in [-0.39, 0.29) is 0 Å². The lowest BCUT2D eigenvalue weighted by Gasteiger charge is -2.20. The summed E-state index contributed by atoms with van der Waals surface area (Å²) in [5, 5.41) is 23.9. The van der Waals surface area contributed by atoms with E-state index in [1.165, 1.54) is 25.7 Å². The van der Waals surface area contributed by atoms with Crippen LogP contribution in [0, 0.1) is 22.8 Å². The number of rotatable bonds is 4. The van der Waals surface area contributed by atoms with Crippen LogP contribution in [0.15, 0.2) is 29.3 Å². The van der Waals surface area contributed by atoms with Crippen LogP contribution in [0.5, 0.6) is 0 Å². The maximum Gasteiger partial charge on any atom is 0.211 e. The minimum absolute atomic E-state index is 0.437. The lowest BCUT2D eigenvalue weighted by molar-refractivity contribution is 0.289. The van der Waals surface area contributed by atoms with Crippen LogP contribution in [-0.4, -0.2) is 37.0 Å². The van der Waals surface area contributed by atoms with Crippen molar-refractivity contribution < 1.29 is 0 Å². The molecule has 1 fully saturated rings. The first-order chi connectivity index (χ1) is 11.3. The van der Waals surface area contributed by atoms with Crippen LogP contribution < -0.4 is 10.6 Å². The normalized spacial score (nSPS) is 16.0. The molecule has 6 heteroatoms. The summed E-state index contributed by atoms with van der Waals surface area (Å²) in [5.74, 6) is 0.437. The van der Waals surface area contributed by atoms with E-state index in [9.17, 15) is 0 Å². The van der Waals surface area contributed by atoms with E-state index in [0.29, 0.717) is 11.5 Å². The van der Waals surface area contributed by atoms with Crippen LogP contribution in [0.3, 0.4) is 0 Å². The van der Waals surface area contributed by atoms with Gasteiger partial charge in [0.2, 0.25) is 12.2 Å². The molecule has 0 bridgehead atoms. The largest absolute Gasteiger partial charge is 0.354 e. The minimum atomic E-state index is 0.437. The molecule has 0 aromatic heterocycles. The molecule has 1 aliphatic rings. The monoisotopic (exact) mass is 310 g/mol. The highest BCUT2D eigenvalue weighted by Crippen LogP contribution is 2.09. The van der Waals surface area contributed by atoms with Gasteiger partial charge in [0, 0.05) is 18.8 Å². The van der Waals surface area contributed by atoms with Crippen molar-refractivity contribution in [3.63, 3.8) is 0 Å². The Labute approximate surface area is 137 Å². The van der Waals surface area contributed by atoms with Gasteiger partial charge in [-0.25, -0.2) is 0 Å². The zero-order valence-corrected chi connectivity index (χ0v) is 13.3. The quantitative estimate of drug-likeness (QED) is 0.506. The van der Waals surface area contributed by atoms with Gasteiger partial charge in [-0.05, 0) is 50.2 Å². The summed E-state index contributed by atoms with van der Waals surface area (Å²) in [7, 11) is 0. The third-order valence-corrected chi connectivity index (χ3v) is 3.86. The first-order valence-corrected chi connectivity index (χ1v) is 8.02. The van der Waals surface area contributed by atoms with E-state index in [1.807, 2.05) is 0 Å². The molecule has 0 aliphatic carbocycles. The highest BCUT2D eigenvalue weighted by molar-refractivity contribution is 5.94. The van der Waals surface area contributed by atoms with Gasteiger partial charge in [-0.2, -0.15) is 10.5 Å². The standard InChI is InChI=1S/C17H22N6/c18-13-15-5-7-16(8-6-15)22-17(21-14-19)20-9-12-23-10-3-1-2-4-11-23/h5-8H,1-4,9-12H2,(H2,20,21,22). The number of likely N-dealkylation sites (tertiary alicyclic amines) is 1. The van der Waals surface area contributed by atoms with E-state index in [0.717, 1.165) is 31.9 Å². The predicted molar refractivity (Wildman–Crippen MR) is 90.7 cm³/mol. The third-order valence-electron chi connectivity index (χ3n) is 3.86. The molecule has 0 spiro atoms. The molecule has 1 saturated heterocycles. The summed E-state index contributed by atoms with van der Waals surface area (Å²) in [4.78, 5) is 6.23.